The van der Waals surface area contributed by atoms with Crippen molar-refractivity contribution in [1.82, 2.24) is 4.98 Å². The summed E-state index contributed by atoms with van der Waals surface area (Å²) in [7, 11) is 0. The predicted molar refractivity (Wildman–Crippen MR) is 91.0 cm³/mol. The SMILES string of the molecule is O=C(O)c1ccc(/C=C/c2cc(C(=O)O)c3ccccc3n2)cc1. The lowest BCUT2D eigenvalue weighted by atomic mass is 10.1. The molecule has 0 aliphatic heterocycles. The Hall–Kier alpha value is -3.47. The summed E-state index contributed by atoms with van der Waals surface area (Å²) in [6.07, 6.45) is 3.46. The minimum atomic E-state index is -1.01. The minimum absolute atomic E-state index is 0.196. The highest BCUT2D eigenvalue weighted by atomic mass is 16.4. The van der Waals surface area contributed by atoms with Crippen LogP contribution in [0.4, 0.5) is 0 Å². The van der Waals surface area contributed by atoms with Crippen LogP contribution in [0.2, 0.25) is 0 Å². The quantitative estimate of drug-likeness (QED) is 0.763. The predicted octanol–water partition coefficient (Wildman–Crippen LogP) is 3.80. The van der Waals surface area contributed by atoms with E-state index in [0.717, 1.165) is 5.56 Å². The van der Waals surface area contributed by atoms with Crippen LogP contribution in [-0.2, 0) is 0 Å². The summed E-state index contributed by atoms with van der Waals surface area (Å²) in [6, 6.07) is 15.0. The average molecular weight is 319 g/mol. The first kappa shape index (κ1) is 15.4. The van der Waals surface area contributed by atoms with Crippen LogP contribution in [0.1, 0.15) is 32.0 Å². The van der Waals surface area contributed by atoms with E-state index in [1.807, 2.05) is 0 Å². The molecule has 0 saturated carbocycles. The number of benzene rings is 2. The van der Waals surface area contributed by atoms with Crippen LogP contribution in [0.25, 0.3) is 23.1 Å². The third-order valence-corrected chi connectivity index (χ3v) is 3.57. The Labute approximate surface area is 137 Å². The summed E-state index contributed by atoms with van der Waals surface area (Å²) in [4.78, 5) is 26.7. The fourth-order valence-electron chi connectivity index (χ4n) is 2.38. The highest BCUT2D eigenvalue weighted by molar-refractivity contribution is 6.03. The van der Waals surface area contributed by atoms with Crippen molar-refractivity contribution in [2.75, 3.05) is 0 Å². The van der Waals surface area contributed by atoms with Crippen molar-refractivity contribution >= 4 is 35.0 Å². The Morgan fingerprint density at radius 2 is 1.58 bits per heavy atom. The fourth-order valence-corrected chi connectivity index (χ4v) is 2.38. The lowest BCUT2D eigenvalue weighted by Crippen LogP contribution is -2.00. The number of carboxylic acid groups (broad SMARTS) is 2. The maximum Gasteiger partial charge on any atom is 0.336 e. The van der Waals surface area contributed by atoms with Gasteiger partial charge >= 0.3 is 11.9 Å². The first-order valence-corrected chi connectivity index (χ1v) is 7.19. The Kier molecular flexibility index (Phi) is 4.07. The lowest BCUT2D eigenvalue weighted by molar-refractivity contribution is 0.0687. The van der Waals surface area contributed by atoms with Crippen LogP contribution in [0, 0.1) is 0 Å². The van der Waals surface area contributed by atoms with E-state index in [2.05, 4.69) is 4.98 Å². The second kappa shape index (κ2) is 6.34. The standard InChI is InChI=1S/C19H13NO4/c21-18(22)13-8-5-12(6-9-13)7-10-14-11-16(19(23)24)15-3-1-2-4-17(15)20-14/h1-11H,(H,21,22)(H,23,24)/b10-7+. The highest BCUT2D eigenvalue weighted by Gasteiger charge is 2.10. The summed E-state index contributed by atoms with van der Waals surface area (Å²) < 4.78 is 0. The van der Waals surface area contributed by atoms with Gasteiger partial charge in [-0.25, -0.2) is 14.6 Å². The molecule has 0 radical (unpaired) electrons. The first-order valence-electron chi connectivity index (χ1n) is 7.19. The first-order chi connectivity index (χ1) is 11.5. The number of carboxylic acids is 2. The van der Waals surface area contributed by atoms with Gasteiger partial charge in [0.2, 0.25) is 0 Å². The lowest BCUT2D eigenvalue weighted by Gasteiger charge is -2.04. The van der Waals surface area contributed by atoms with Crippen LogP contribution in [-0.4, -0.2) is 27.1 Å². The van der Waals surface area contributed by atoms with E-state index in [9.17, 15) is 14.7 Å². The van der Waals surface area contributed by atoms with E-state index in [0.29, 0.717) is 16.6 Å². The number of fused-ring (bicyclic) bond motifs is 1. The van der Waals surface area contributed by atoms with Gasteiger partial charge in [-0.3, -0.25) is 0 Å². The number of nitrogens with zero attached hydrogens (tertiary/aromatic N) is 1. The van der Waals surface area contributed by atoms with Crippen molar-refractivity contribution in [2.24, 2.45) is 0 Å². The molecule has 0 bridgehead atoms. The maximum absolute atomic E-state index is 11.4. The van der Waals surface area contributed by atoms with E-state index in [1.165, 1.54) is 18.2 Å². The Morgan fingerprint density at radius 1 is 0.875 bits per heavy atom. The number of hydrogen-bond donors (Lipinski definition) is 2. The van der Waals surface area contributed by atoms with E-state index in [1.54, 1.807) is 48.6 Å². The number of hydrogen-bond acceptors (Lipinski definition) is 3. The molecule has 0 fully saturated rings. The molecule has 1 aromatic heterocycles. The van der Waals surface area contributed by atoms with Crippen molar-refractivity contribution in [2.45, 2.75) is 0 Å². The van der Waals surface area contributed by atoms with Gasteiger partial charge in [0.15, 0.2) is 0 Å². The van der Waals surface area contributed by atoms with Crippen molar-refractivity contribution < 1.29 is 19.8 Å². The molecule has 118 valence electrons. The summed E-state index contributed by atoms with van der Waals surface area (Å²) in [5.41, 5.74) is 2.34. The molecule has 0 atom stereocenters. The third-order valence-electron chi connectivity index (χ3n) is 3.57. The molecule has 0 aliphatic rings. The zero-order chi connectivity index (χ0) is 17.1. The van der Waals surface area contributed by atoms with Crippen LogP contribution in [0.3, 0.4) is 0 Å². The van der Waals surface area contributed by atoms with E-state index >= 15 is 0 Å². The molecule has 1 heterocycles. The van der Waals surface area contributed by atoms with E-state index in [-0.39, 0.29) is 11.1 Å². The van der Waals surface area contributed by atoms with Crippen molar-refractivity contribution in [3.8, 4) is 0 Å². The molecule has 3 rings (SSSR count). The van der Waals surface area contributed by atoms with Crippen LogP contribution in [0.15, 0.2) is 54.6 Å². The van der Waals surface area contributed by atoms with Crippen molar-refractivity contribution in [3.63, 3.8) is 0 Å². The fraction of sp³-hybridized carbons (Fsp3) is 0. The number of pyridine rings is 1. The minimum Gasteiger partial charge on any atom is -0.478 e. The third kappa shape index (κ3) is 3.15. The van der Waals surface area contributed by atoms with E-state index in [4.69, 9.17) is 5.11 Å². The number of carbonyl (C=O) groups is 2. The van der Waals surface area contributed by atoms with Crippen LogP contribution < -0.4 is 0 Å². The molecule has 2 N–H and O–H groups in total. The molecule has 3 aromatic rings. The second-order valence-electron chi connectivity index (χ2n) is 5.18. The second-order valence-corrected chi connectivity index (χ2v) is 5.18. The van der Waals surface area contributed by atoms with Crippen LogP contribution >= 0.6 is 0 Å². The number of rotatable bonds is 4. The van der Waals surface area contributed by atoms with Gasteiger partial charge in [0, 0.05) is 5.39 Å². The topological polar surface area (TPSA) is 87.5 Å². The van der Waals surface area contributed by atoms with Gasteiger partial charge in [-0.2, -0.15) is 0 Å². The Bertz CT molecular complexity index is 959. The van der Waals surface area contributed by atoms with Gasteiger partial charge in [0.25, 0.3) is 0 Å². The molecule has 5 nitrogen and oxygen atoms in total. The summed E-state index contributed by atoms with van der Waals surface area (Å²) >= 11 is 0. The van der Waals surface area contributed by atoms with Gasteiger partial charge in [-0.1, -0.05) is 36.4 Å². The largest absolute Gasteiger partial charge is 0.478 e. The molecule has 5 heteroatoms. The molecule has 0 amide bonds. The van der Waals surface area contributed by atoms with Crippen molar-refractivity contribution in [1.29, 1.82) is 0 Å². The Balaban J connectivity index is 1.97. The summed E-state index contributed by atoms with van der Waals surface area (Å²) in [5.74, 6) is -1.98. The summed E-state index contributed by atoms with van der Waals surface area (Å²) in [5, 5.41) is 18.8. The molecule has 24 heavy (non-hydrogen) atoms. The normalized spacial score (nSPS) is 11.0. The maximum atomic E-state index is 11.4. The van der Waals surface area contributed by atoms with Gasteiger partial charge in [0.1, 0.15) is 0 Å². The van der Waals surface area contributed by atoms with Gasteiger partial charge in [0.05, 0.1) is 22.3 Å². The molecule has 0 saturated heterocycles. The van der Waals surface area contributed by atoms with Gasteiger partial charge in [-0.15, -0.1) is 0 Å². The number of aromatic nitrogens is 1. The zero-order valence-electron chi connectivity index (χ0n) is 12.5. The molecular weight excluding hydrogens is 306 g/mol. The van der Waals surface area contributed by atoms with Gasteiger partial charge in [-0.05, 0) is 35.9 Å². The zero-order valence-corrected chi connectivity index (χ0v) is 12.5. The number of aromatic carboxylic acids is 2. The molecule has 2 aromatic carbocycles. The summed E-state index contributed by atoms with van der Waals surface area (Å²) in [6.45, 7) is 0. The highest BCUT2D eigenvalue weighted by Crippen LogP contribution is 2.19. The van der Waals surface area contributed by atoms with E-state index < -0.39 is 11.9 Å². The van der Waals surface area contributed by atoms with Crippen LogP contribution in [0.5, 0.6) is 0 Å². The van der Waals surface area contributed by atoms with Gasteiger partial charge < -0.3 is 10.2 Å². The molecule has 0 spiro atoms. The number of para-hydroxylation sites is 1. The smallest absolute Gasteiger partial charge is 0.336 e. The van der Waals surface area contributed by atoms with Crippen molar-refractivity contribution in [3.05, 3.63) is 77.0 Å². The Morgan fingerprint density at radius 3 is 2.25 bits per heavy atom. The average Bonchev–Trinajstić information content (AvgIpc) is 2.59. The molecular formula is C19H13NO4. The molecule has 0 unspecified atom stereocenters. The molecule has 0 aliphatic carbocycles. The monoisotopic (exact) mass is 319 g/mol.